The second-order valence-corrected chi connectivity index (χ2v) is 5.43. The van der Waals surface area contributed by atoms with Crippen molar-refractivity contribution in [3.05, 3.63) is 59.7 Å². The number of halogens is 3. The second-order valence-electron chi connectivity index (χ2n) is 5.43. The van der Waals surface area contributed by atoms with Crippen molar-refractivity contribution in [2.24, 2.45) is 0 Å². The molecule has 8 heteroatoms. The standard InChI is InChI=1S/C16H15F3N4O/c17-16(18,19)14-4-3-12(9-22-14)15(24)23-7-6-21-10-13(23)11-2-1-5-20-8-11/h1-5,8-9,13,21H,6-7,10H2. The molecule has 1 N–H and O–H groups in total. The van der Waals surface area contributed by atoms with Gasteiger partial charge < -0.3 is 10.2 Å². The molecule has 1 saturated heterocycles. The number of carbonyl (C=O) groups is 1. The van der Waals surface area contributed by atoms with Crippen LogP contribution in [0.4, 0.5) is 13.2 Å². The first-order chi connectivity index (χ1) is 11.5. The Labute approximate surface area is 136 Å². The number of alkyl halides is 3. The van der Waals surface area contributed by atoms with Gasteiger partial charge in [-0.05, 0) is 23.8 Å². The zero-order valence-electron chi connectivity index (χ0n) is 12.6. The number of nitrogens with one attached hydrogen (secondary N) is 1. The molecule has 1 unspecified atom stereocenters. The maximum atomic E-state index is 12.7. The number of rotatable bonds is 2. The van der Waals surface area contributed by atoms with Crippen molar-refractivity contribution in [1.82, 2.24) is 20.2 Å². The number of aromatic nitrogens is 2. The van der Waals surface area contributed by atoms with Gasteiger partial charge in [0.25, 0.3) is 5.91 Å². The van der Waals surface area contributed by atoms with Gasteiger partial charge in [-0.2, -0.15) is 13.2 Å². The highest BCUT2D eigenvalue weighted by Crippen LogP contribution is 2.28. The largest absolute Gasteiger partial charge is 0.433 e. The summed E-state index contributed by atoms with van der Waals surface area (Å²) in [7, 11) is 0. The Hall–Kier alpha value is -2.48. The van der Waals surface area contributed by atoms with Crippen LogP contribution in [0, 0.1) is 0 Å². The monoisotopic (exact) mass is 336 g/mol. The zero-order chi connectivity index (χ0) is 17.2. The normalized spacial score (nSPS) is 18.5. The highest BCUT2D eigenvalue weighted by atomic mass is 19.4. The summed E-state index contributed by atoms with van der Waals surface area (Å²) in [6.45, 7) is 1.64. The highest BCUT2D eigenvalue weighted by molar-refractivity contribution is 5.94. The molecule has 1 aliphatic rings. The van der Waals surface area contributed by atoms with Crippen LogP contribution in [0.25, 0.3) is 0 Å². The first-order valence-corrected chi connectivity index (χ1v) is 7.41. The minimum Gasteiger partial charge on any atom is -0.329 e. The summed E-state index contributed by atoms with van der Waals surface area (Å²) in [5.41, 5.74) is -0.000110. The Kier molecular flexibility index (Phi) is 4.48. The van der Waals surface area contributed by atoms with Gasteiger partial charge in [-0.3, -0.25) is 14.8 Å². The molecular weight excluding hydrogens is 321 g/mol. The SMILES string of the molecule is O=C(c1ccc(C(F)(F)F)nc1)N1CCNCC1c1cccnc1. The van der Waals surface area contributed by atoms with E-state index in [1.165, 1.54) is 6.07 Å². The number of carbonyl (C=O) groups excluding carboxylic acids is 1. The van der Waals surface area contributed by atoms with Crippen LogP contribution in [-0.4, -0.2) is 40.4 Å². The van der Waals surface area contributed by atoms with Crippen LogP contribution < -0.4 is 5.32 Å². The molecule has 0 aromatic carbocycles. The van der Waals surface area contributed by atoms with Gasteiger partial charge in [0.15, 0.2) is 0 Å². The van der Waals surface area contributed by atoms with E-state index in [9.17, 15) is 18.0 Å². The molecule has 2 aromatic heterocycles. The van der Waals surface area contributed by atoms with E-state index in [4.69, 9.17) is 0 Å². The number of piperazine rings is 1. The molecule has 1 atom stereocenters. The van der Waals surface area contributed by atoms with E-state index in [2.05, 4.69) is 15.3 Å². The van der Waals surface area contributed by atoms with Gasteiger partial charge in [0.2, 0.25) is 0 Å². The number of pyridine rings is 2. The molecule has 5 nitrogen and oxygen atoms in total. The fourth-order valence-electron chi connectivity index (χ4n) is 2.67. The quantitative estimate of drug-likeness (QED) is 0.914. The minimum absolute atomic E-state index is 0.138. The fourth-order valence-corrected chi connectivity index (χ4v) is 2.67. The molecular formula is C16H15F3N4O. The van der Waals surface area contributed by atoms with Gasteiger partial charge in [0.05, 0.1) is 11.6 Å². The Morgan fingerprint density at radius 2 is 2.08 bits per heavy atom. The molecule has 0 radical (unpaired) electrons. The number of hydrogen-bond donors (Lipinski definition) is 1. The summed E-state index contributed by atoms with van der Waals surface area (Å²) in [5, 5.41) is 3.21. The summed E-state index contributed by atoms with van der Waals surface area (Å²) >= 11 is 0. The van der Waals surface area contributed by atoms with Crippen molar-refractivity contribution in [1.29, 1.82) is 0 Å². The van der Waals surface area contributed by atoms with E-state index in [-0.39, 0.29) is 17.5 Å². The van der Waals surface area contributed by atoms with E-state index in [0.717, 1.165) is 17.8 Å². The van der Waals surface area contributed by atoms with Gasteiger partial charge >= 0.3 is 6.18 Å². The predicted molar refractivity (Wildman–Crippen MR) is 80.1 cm³/mol. The van der Waals surface area contributed by atoms with Crippen molar-refractivity contribution < 1.29 is 18.0 Å². The average Bonchev–Trinajstić information content (AvgIpc) is 2.61. The van der Waals surface area contributed by atoms with Crippen LogP contribution in [0.1, 0.15) is 27.7 Å². The molecule has 0 spiro atoms. The van der Waals surface area contributed by atoms with Crippen LogP contribution >= 0.6 is 0 Å². The minimum atomic E-state index is -4.52. The summed E-state index contributed by atoms with van der Waals surface area (Å²) in [5.74, 6) is -0.341. The van der Waals surface area contributed by atoms with E-state index < -0.39 is 11.9 Å². The lowest BCUT2D eigenvalue weighted by molar-refractivity contribution is -0.141. The lowest BCUT2D eigenvalue weighted by Gasteiger charge is -2.36. The van der Waals surface area contributed by atoms with Crippen molar-refractivity contribution in [3.8, 4) is 0 Å². The third-order valence-corrected chi connectivity index (χ3v) is 3.87. The molecule has 24 heavy (non-hydrogen) atoms. The van der Waals surface area contributed by atoms with Gasteiger partial charge in [0.1, 0.15) is 5.69 Å². The first kappa shape index (κ1) is 16.4. The summed E-state index contributed by atoms with van der Waals surface area (Å²) in [6, 6.07) is 5.43. The van der Waals surface area contributed by atoms with Crippen LogP contribution in [-0.2, 0) is 6.18 Å². The van der Waals surface area contributed by atoms with E-state index in [1.807, 2.05) is 6.07 Å². The molecule has 0 saturated carbocycles. The molecule has 1 aliphatic heterocycles. The van der Waals surface area contributed by atoms with Crippen LogP contribution in [0.15, 0.2) is 42.9 Å². The Morgan fingerprint density at radius 3 is 2.71 bits per heavy atom. The Morgan fingerprint density at radius 1 is 1.25 bits per heavy atom. The third-order valence-electron chi connectivity index (χ3n) is 3.87. The van der Waals surface area contributed by atoms with Crippen LogP contribution in [0.5, 0.6) is 0 Å². The molecule has 2 aromatic rings. The Balaban J connectivity index is 1.84. The molecule has 0 aliphatic carbocycles. The van der Waals surface area contributed by atoms with E-state index in [1.54, 1.807) is 23.4 Å². The number of amides is 1. The number of nitrogens with zero attached hydrogens (tertiary/aromatic N) is 3. The van der Waals surface area contributed by atoms with Gasteiger partial charge in [0, 0.05) is 38.2 Å². The van der Waals surface area contributed by atoms with Crippen molar-refractivity contribution in [2.75, 3.05) is 19.6 Å². The van der Waals surface area contributed by atoms with E-state index in [0.29, 0.717) is 19.6 Å². The van der Waals surface area contributed by atoms with Crippen molar-refractivity contribution in [3.63, 3.8) is 0 Å². The zero-order valence-corrected chi connectivity index (χ0v) is 12.6. The maximum Gasteiger partial charge on any atom is 0.433 e. The summed E-state index contributed by atoms with van der Waals surface area (Å²) in [6.07, 6.45) is -0.211. The van der Waals surface area contributed by atoms with Crippen LogP contribution in [0.2, 0.25) is 0 Å². The molecule has 3 heterocycles. The molecule has 1 fully saturated rings. The lowest BCUT2D eigenvalue weighted by atomic mass is 10.0. The first-order valence-electron chi connectivity index (χ1n) is 7.41. The summed E-state index contributed by atoms with van der Waals surface area (Å²) in [4.78, 5) is 21.8. The summed E-state index contributed by atoms with van der Waals surface area (Å²) < 4.78 is 37.8. The van der Waals surface area contributed by atoms with Gasteiger partial charge in [-0.15, -0.1) is 0 Å². The molecule has 3 rings (SSSR count). The van der Waals surface area contributed by atoms with Crippen LogP contribution in [0.3, 0.4) is 0 Å². The van der Waals surface area contributed by atoms with Gasteiger partial charge in [-0.25, -0.2) is 0 Å². The second kappa shape index (κ2) is 6.56. The smallest absolute Gasteiger partial charge is 0.329 e. The Bertz CT molecular complexity index is 704. The predicted octanol–water partition coefficient (Wildman–Crippen LogP) is 2.28. The topological polar surface area (TPSA) is 58.1 Å². The molecule has 0 bridgehead atoms. The number of hydrogen-bond acceptors (Lipinski definition) is 4. The van der Waals surface area contributed by atoms with Gasteiger partial charge in [-0.1, -0.05) is 6.07 Å². The lowest BCUT2D eigenvalue weighted by Crippen LogP contribution is -2.48. The van der Waals surface area contributed by atoms with E-state index >= 15 is 0 Å². The molecule has 126 valence electrons. The molecule has 1 amide bonds. The van der Waals surface area contributed by atoms with Crippen molar-refractivity contribution in [2.45, 2.75) is 12.2 Å². The van der Waals surface area contributed by atoms with Crippen molar-refractivity contribution >= 4 is 5.91 Å². The average molecular weight is 336 g/mol. The maximum absolute atomic E-state index is 12.7. The highest BCUT2D eigenvalue weighted by Gasteiger charge is 2.33. The third kappa shape index (κ3) is 3.38. The fraction of sp³-hybridized carbons (Fsp3) is 0.312.